The lowest BCUT2D eigenvalue weighted by Gasteiger charge is -2.48. The first-order chi connectivity index (χ1) is 16.0. The molecule has 2 aliphatic heterocycles. The predicted molar refractivity (Wildman–Crippen MR) is 125 cm³/mol. The second-order valence-corrected chi connectivity index (χ2v) is 9.69. The van der Waals surface area contributed by atoms with E-state index >= 15 is 0 Å². The Kier molecular flexibility index (Phi) is 5.95. The van der Waals surface area contributed by atoms with Crippen molar-refractivity contribution >= 4 is 11.9 Å². The molecule has 5 rings (SSSR count). The van der Waals surface area contributed by atoms with Crippen LogP contribution in [0.15, 0.2) is 30.6 Å². The molecule has 2 aromatic rings. The van der Waals surface area contributed by atoms with E-state index < -0.39 is 0 Å². The summed E-state index contributed by atoms with van der Waals surface area (Å²) in [4.78, 5) is 27.4. The first-order valence-corrected chi connectivity index (χ1v) is 12.0. The van der Waals surface area contributed by atoms with Gasteiger partial charge < -0.3 is 14.5 Å². The number of aromatic nitrogens is 2. The van der Waals surface area contributed by atoms with Crippen molar-refractivity contribution in [1.82, 2.24) is 19.8 Å². The summed E-state index contributed by atoms with van der Waals surface area (Å²) < 4.78 is 19.2. The molecule has 0 aromatic carbocycles. The molecule has 2 saturated heterocycles. The molecule has 0 bridgehead atoms. The SMILES string of the molecule is CCOC(=O)N1CC2(CC[C@@H](N3CCN(c4ncc(F)cc4-c4ccnc(C)c4)CC3)C2)C1. The minimum absolute atomic E-state index is 0.174. The van der Waals surface area contributed by atoms with E-state index in [1.165, 1.54) is 19.0 Å². The number of pyridine rings is 2. The van der Waals surface area contributed by atoms with Crippen molar-refractivity contribution in [2.75, 3.05) is 50.8 Å². The summed E-state index contributed by atoms with van der Waals surface area (Å²) in [5.74, 6) is 0.518. The normalized spacial score (nSPS) is 22.5. The van der Waals surface area contributed by atoms with E-state index in [-0.39, 0.29) is 17.3 Å². The maximum atomic E-state index is 14.1. The summed E-state index contributed by atoms with van der Waals surface area (Å²) in [6.07, 6.45) is 6.42. The zero-order valence-corrected chi connectivity index (χ0v) is 19.5. The Bertz CT molecular complexity index is 1020. The van der Waals surface area contributed by atoms with Crippen molar-refractivity contribution in [3.8, 4) is 11.1 Å². The molecule has 3 fully saturated rings. The minimum Gasteiger partial charge on any atom is -0.450 e. The second kappa shape index (κ2) is 8.89. The molecule has 7 nitrogen and oxygen atoms in total. The average Bonchev–Trinajstić information content (AvgIpc) is 3.24. The molecule has 1 spiro atoms. The number of nitrogens with zero attached hydrogens (tertiary/aromatic N) is 5. The van der Waals surface area contributed by atoms with Crippen LogP contribution in [0, 0.1) is 18.2 Å². The van der Waals surface area contributed by atoms with Crippen molar-refractivity contribution in [2.24, 2.45) is 5.41 Å². The number of amides is 1. The highest BCUT2D eigenvalue weighted by Crippen LogP contribution is 2.47. The van der Waals surface area contributed by atoms with Crippen LogP contribution in [-0.4, -0.2) is 77.8 Å². The van der Waals surface area contributed by atoms with Gasteiger partial charge in [-0.1, -0.05) is 0 Å². The standard InChI is InChI=1S/C25H32FN5O2/c1-3-33-24(32)31-16-25(17-31)6-4-21(14-25)29-8-10-30(11-9-29)23-22(13-20(26)15-28-23)19-5-7-27-18(2)12-19/h5,7,12-13,15,21H,3-4,6,8-11,14,16-17H2,1-2H3/t21-/m1/s1. The number of carbonyl (C=O) groups excluding carboxylic acids is 1. The van der Waals surface area contributed by atoms with Crippen LogP contribution in [0.5, 0.6) is 0 Å². The van der Waals surface area contributed by atoms with Gasteiger partial charge in [0.05, 0.1) is 12.8 Å². The van der Waals surface area contributed by atoms with Crippen LogP contribution < -0.4 is 4.90 Å². The number of carbonyl (C=O) groups is 1. The van der Waals surface area contributed by atoms with Crippen LogP contribution in [-0.2, 0) is 4.74 Å². The highest BCUT2D eigenvalue weighted by Gasteiger charge is 2.51. The molecule has 2 aromatic heterocycles. The molecule has 1 atom stereocenters. The van der Waals surface area contributed by atoms with E-state index in [9.17, 15) is 9.18 Å². The maximum absolute atomic E-state index is 14.1. The van der Waals surface area contributed by atoms with Crippen molar-refractivity contribution in [2.45, 2.75) is 39.2 Å². The molecular formula is C25H32FN5O2. The van der Waals surface area contributed by atoms with Crippen LogP contribution in [0.3, 0.4) is 0 Å². The highest BCUT2D eigenvalue weighted by molar-refractivity contribution is 5.76. The van der Waals surface area contributed by atoms with Crippen molar-refractivity contribution in [1.29, 1.82) is 0 Å². The predicted octanol–water partition coefficient (Wildman–Crippen LogP) is 3.72. The average molecular weight is 454 g/mol. The Morgan fingerprint density at radius 3 is 2.73 bits per heavy atom. The van der Waals surface area contributed by atoms with Gasteiger partial charge in [-0.25, -0.2) is 14.2 Å². The zero-order valence-electron chi connectivity index (χ0n) is 19.5. The molecule has 0 radical (unpaired) electrons. The molecule has 33 heavy (non-hydrogen) atoms. The van der Waals surface area contributed by atoms with Gasteiger partial charge in [0.2, 0.25) is 0 Å². The number of anilines is 1. The van der Waals surface area contributed by atoms with Crippen LogP contribution in [0.25, 0.3) is 11.1 Å². The number of ether oxygens (including phenoxy) is 1. The summed E-state index contributed by atoms with van der Waals surface area (Å²) in [6, 6.07) is 6.04. The Labute approximate surface area is 194 Å². The van der Waals surface area contributed by atoms with E-state index in [0.29, 0.717) is 12.6 Å². The van der Waals surface area contributed by atoms with Gasteiger partial charge in [0.1, 0.15) is 11.6 Å². The smallest absolute Gasteiger partial charge is 0.409 e. The van der Waals surface area contributed by atoms with Crippen LogP contribution in [0.4, 0.5) is 15.0 Å². The van der Waals surface area contributed by atoms with Gasteiger partial charge in [-0.2, -0.15) is 0 Å². The molecule has 4 heterocycles. The van der Waals surface area contributed by atoms with Crippen LogP contribution in [0.2, 0.25) is 0 Å². The Morgan fingerprint density at radius 1 is 1.21 bits per heavy atom. The summed E-state index contributed by atoms with van der Waals surface area (Å²) in [5.41, 5.74) is 2.95. The minimum atomic E-state index is -0.324. The number of hydrogen-bond acceptors (Lipinski definition) is 6. The summed E-state index contributed by atoms with van der Waals surface area (Å²) in [6.45, 7) is 9.56. The zero-order chi connectivity index (χ0) is 23.0. The number of halogens is 1. The number of rotatable bonds is 4. The number of aryl methyl sites for hydroxylation is 1. The van der Waals surface area contributed by atoms with Crippen molar-refractivity contribution in [3.63, 3.8) is 0 Å². The Balaban J connectivity index is 1.21. The van der Waals surface area contributed by atoms with E-state index in [4.69, 9.17) is 4.74 Å². The van der Waals surface area contributed by atoms with Crippen molar-refractivity contribution < 1.29 is 13.9 Å². The third kappa shape index (κ3) is 4.40. The van der Waals surface area contributed by atoms with E-state index in [1.807, 2.05) is 30.9 Å². The Hall–Kier alpha value is -2.74. The second-order valence-electron chi connectivity index (χ2n) is 9.69. The van der Waals surface area contributed by atoms with Gasteiger partial charge >= 0.3 is 6.09 Å². The monoisotopic (exact) mass is 453 g/mol. The third-order valence-corrected chi connectivity index (χ3v) is 7.43. The molecule has 1 aliphatic carbocycles. The fourth-order valence-corrected chi connectivity index (χ4v) is 5.79. The lowest BCUT2D eigenvalue weighted by Crippen LogP contribution is -2.58. The van der Waals surface area contributed by atoms with E-state index in [0.717, 1.165) is 68.3 Å². The summed E-state index contributed by atoms with van der Waals surface area (Å²) >= 11 is 0. The molecule has 1 amide bonds. The highest BCUT2D eigenvalue weighted by atomic mass is 19.1. The molecule has 0 N–H and O–H groups in total. The number of hydrogen-bond donors (Lipinski definition) is 0. The van der Waals surface area contributed by atoms with Crippen LogP contribution >= 0.6 is 0 Å². The Morgan fingerprint density at radius 2 is 2.00 bits per heavy atom. The maximum Gasteiger partial charge on any atom is 0.409 e. The van der Waals surface area contributed by atoms with E-state index in [2.05, 4.69) is 19.8 Å². The molecule has 176 valence electrons. The largest absolute Gasteiger partial charge is 0.450 e. The van der Waals surface area contributed by atoms with Crippen LogP contribution in [0.1, 0.15) is 31.9 Å². The molecule has 8 heteroatoms. The lowest BCUT2D eigenvalue weighted by molar-refractivity contribution is -0.00294. The number of likely N-dealkylation sites (tertiary alicyclic amines) is 1. The quantitative estimate of drug-likeness (QED) is 0.703. The van der Waals surface area contributed by atoms with Gasteiger partial charge in [-0.3, -0.25) is 9.88 Å². The van der Waals surface area contributed by atoms with E-state index in [1.54, 1.807) is 12.3 Å². The topological polar surface area (TPSA) is 61.8 Å². The summed E-state index contributed by atoms with van der Waals surface area (Å²) in [7, 11) is 0. The van der Waals surface area contributed by atoms with Gasteiger partial charge in [-0.05, 0) is 56.9 Å². The molecular weight excluding hydrogens is 421 g/mol. The molecule has 0 unspecified atom stereocenters. The van der Waals surface area contributed by atoms with Gasteiger partial charge in [0.25, 0.3) is 0 Å². The third-order valence-electron chi connectivity index (χ3n) is 7.43. The molecule has 3 aliphatic rings. The fraction of sp³-hybridized carbons (Fsp3) is 0.560. The molecule has 1 saturated carbocycles. The van der Waals surface area contributed by atoms with Gasteiger partial charge in [-0.15, -0.1) is 0 Å². The van der Waals surface area contributed by atoms with Gasteiger partial charge in [0, 0.05) is 68.2 Å². The summed E-state index contributed by atoms with van der Waals surface area (Å²) in [5, 5.41) is 0. The van der Waals surface area contributed by atoms with Crippen molar-refractivity contribution in [3.05, 3.63) is 42.1 Å². The fourth-order valence-electron chi connectivity index (χ4n) is 5.79. The first kappa shape index (κ1) is 22.1. The lowest BCUT2D eigenvalue weighted by atomic mass is 9.78. The number of piperazine rings is 1. The first-order valence-electron chi connectivity index (χ1n) is 12.0. The van der Waals surface area contributed by atoms with Gasteiger partial charge in [0.15, 0.2) is 0 Å².